The maximum Gasteiger partial charge on any atom is 0.293 e. The van der Waals surface area contributed by atoms with E-state index >= 15 is 0 Å². The van der Waals surface area contributed by atoms with Gasteiger partial charge in [0.25, 0.3) is 15.9 Å². The average molecular weight is 426 g/mol. The van der Waals surface area contributed by atoms with Crippen molar-refractivity contribution in [3.8, 4) is 5.75 Å². The normalized spacial score (nSPS) is 11.2. The second kappa shape index (κ2) is 9.08. The van der Waals surface area contributed by atoms with Crippen molar-refractivity contribution in [1.82, 2.24) is 10.0 Å². The number of nitrogens with one attached hydrogen (secondary N) is 1. The van der Waals surface area contributed by atoms with Crippen LogP contribution in [0.5, 0.6) is 5.75 Å². The molecule has 30 heavy (non-hydrogen) atoms. The fourth-order valence-corrected chi connectivity index (χ4v) is 4.14. The predicted molar refractivity (Wildman–Crippen MR) is 112 cm³/mol. The van der Waals surface area contributed by atoms with Crippen molar-refractivity contribution < 1.29 is 23.2 Å². The van der Waals surface area contributed by atoms with Crippen LogP contribution in [-0.4, -0.2) is 31.8 Å². The van der Waals surface area contributed by atoms with Crippen LogP contribution in [0.3, 0.4) is 0 Å². The lowest BCUT2D eigenvalue weighted by Crippen LogP contribution is -2.44. The standard InChI is InChI=1S/C22H22N2O5S/c1-16-7-6-10-18(13-16)22(25)24(26)23-30(27,28)21-12-11-20(29-2)15-19(21)14-17-8-4-3-5-9-17/h3-13,15,23,26H,14H2,1-2H3. The number of hydrogen-bond acceptors (Lipinski definition) is 5. The number of rotatable bonds is 7. The number of carbonyl (C=O) groups excluding carboxylic acids is 1. The Hall–Kier alpha value is -3.20. The summed E-state index contributed by atoms with van der Waals surface area (Å²) in [6, 6.07) is 20.3. The summed E-state index contributed by atoms with van der Waals surface area (Å²) in [6.07, 6.45) is 0.325. The fourth-order valence-electron chi connectivity index (χ4n) is 3.00. The number of amides is 1. The van der Waals surface area contributed by atoms with Crippen LogP contribution in [0.4, 0.5) is 0 Å². The molecule has 0 atom stereocenters. The first-order chi connectivity index (χ1) is 14.3. The molecular weight excluding hydrogens is 404 g/mol. The first-order valence-electron chi connectivity index (χ1n) is 9.13. The van der Waals surface area contributed by atoms with Crippen LogP contribution in [0.2, 0.25) is 0 Å². The quantitative estimate of drug-likeness (QED) is 0.446. The maximum absolute atomic E-state index is 13.0. The van der Waals surface area contributed by atoms with E-state index in [1.807, 2.05) is 35.2 Å². The van der Waals surface area contributed by atoms with Crippen molar-refractivity contribution in [1.29, 1.82) is 0 Å². The maximum atomic E-state index is 13.0. The molecule has 0 heterocycles. The van der Waals surface area contributed by atoms with Gasteiger partial charge >= 0.3 is 0 Å². The summed E-state index contributed by atoms with van der Waals surface area (Å²) >= 11 is 0. The summed E-state index contributed by atoms with van der Waals surface area (Å²) in [6.45, 7) is 1.79. The number of nitrogens with zero attached hydrogens (tertiary/aromatic N) is 1. The molecule has 3 aromatic carbocycles. The molecule has 0 saturated heterocycles. The number of methoxy groups -OCH3 is 1. The average Bonchev–Trinajstić information content (AvgIpc) is 2.73. The van der Waals surface area contributed by atoms with Gasteiger partial charge in [-0.05, 0) is 54.8 Å². The minimum absolute atomic E-state index is 0.0133. The monoisotopic (exact) mass is 426 g/mol. The van der Waals surface area contributed by atoms with Crippen LogP contribution in [0.1, 0.15) is 27.0 Å². The van der Waals surface area contributed by atoms with Crippen molar-refractivity contribution in [2.24, 2.45) is 0 Å². The molecule has 0 spiro atoms. The minimum atomic E-state index is -4.25. The molecule has 2 N–H and O–H groups in total. The van der Waals surface area contributed by atoms with Gasteiger partial charge in [0.1, 0.15) is 5.75 Å². The van der Waals surface area contributed by atoms with Gasteiger partial charge < -0.3 is 4.74 Å². The van der Waals surface area contributed by atoms with E-state index in [0.29, 0.717) is 17.7 Å². The second-order valence-corrected chi connectivity index (χ2v) is 8.35. The van der Waals surface area contributed by atoms with E-state index in [9.17, 15) is 18.4 Å². The van der Waals surface area contributed by atoms with Crippen molar-refractivity contribution in [2.75, 3.05) is 7.11 Å². The van der Waals surface area contributed by atoms with E-state index in [1.165, 1.54) is 25.3 Å². The predicted octanol–water partition coefficient (Wildman–Crippen LogP) is 3.32. The lowest BCUT2D eigenvalue weighted by molar-refractivity contribution is -0.0761. The Kier molecular flexibility index (Phi) is 6.51. The summed E-state index contributed by atoms with van der Waals surface area (Å²) < 4.78 is 31.1. The molecule has 0 radical (unpaired) electrons. The molecule has 3 aromatic rings. The zero-order valence-electron chi connectivity index (χ0n) is 16.6. The van der Waals surface area contributed by atoms with Gasteiger partial charge in [0.15, 0.2) is 0 Å². The highest BCUT2D eigenvalue weighted by Gasteiger charge is 2.25. The molecule has 0 aromatic heterocycles. The molecule has 0 aliphatic carbocycles. The van der Waals surface area contributed by atoms with Crippen LogP contribution in [0, 0.1) is 6.92 Å². The van der Waals surface area contributed by atoms with Gasteiger partial charge in [-0.25, -0.2) is 8.42 Å². The van der Waals surface area contributed by atoms with Crippen molar-refractivity contribution >= 4 is 15.9 Å². The molecule has 0 aliphatic rings. The van der Waals surface area contributed by atoms with Gasteiger partial charge in [0.2, 0.25) is 0 Å². The van der Waals surface area contributed by atoms with Crippen LogP contribution >= 0.6 is 0 Å². The number of carbonyl (C=O) groups is 1. The third-order valence-corrected chi connectivity index (χ3v) is 5.85. The van der Waals surface area contributed by atoms with E-state index in [-0.39, 0.29) is 15.6 Å². The van der Waals surface area contributed by atoms with Gasteiger partial charge in [0, 0.05) is 5.56 Å². The Balaban J connectivity index is 1.90. The van der Waals surface area contributed by atoms with E-state index in [4.69, 9.17) is 4.74 Å². The van der Waals surface area contributed by atoms with Crippen LogP contribution in [-0.2, 0) is 16.4 Å². The van der Waals surface area contributed by atoms with Gasteiger partial charge in [0.05, 0.1) is 12.0 Å². The minimum Gasteiger partial charge on any atom is -0.497 e. The number of benzene rings is 3. The molecule has 156 valence electrons. The van der Waals surface area contributed by atoms with Gasteiger partial charge in [-0.15, -0.1) is 5.17 Å². The zero-order chi connectivity index (χ0) is 21.7. The first-order valence-corrected chi connectivity index (χ1v) is 10.6. The van der Waals surface area contributed by atoms with Crippen molar-refractivity contribution in [3.05, 3.63) is 95.1 Å². The van der Waals surface area contributed by atoms with Crippen LogP contribution in [0.15, 0.2) is 77.7 Å². The van der Waals surface area contributed by atoms with Crippen LogP contribution < -0.4 is 9.57 Å². The Morgan fingerprint density at radius 1 is 1.03 bits per heavy atom. The number of ether oxygens (including phenoxy) is 1. The van der Waals surface area contributed by atoms with E-state index < -0.39 is 15.9 Å². The summed E-state index contributed by atoms with van der Waals surface area (Å²) in [7, 11) is -2.76. The molecule has 7 nitrogen and oxygen atoms in total. The Bertz CT molecular complexity index is 1150. The number of aryl methyl sites for hydroxylation is 1. The lowest BCUT2D eigenvalue weighted by atomic mass is 10.0. The van der Waals surface area contributed by atoms with Crippen molar-refractivity contribution in [3.63, 3.8) is 0 Å². The van der Waals surface area contributed by atoms with E-state index in [2.05, 4.69) is 0 Å². The summed E-state index contributed by atoms with van der Waals surface area (Å²) in [5, 5.41) is 10.1. The van der Waals surface area contributed by atoms with Crippen molar-refractivity contribution in [2.45, 2.75) is 18.2 Å². The highest BCUT2D eigenvalue weighted by Crippen LogP contribution is 2.24. The van der Waals surface area contributed by atoms with Gasteiger partial charge in [-0.1, -0.05) is 52.9 Å². The first kappa shape index (κ1) is 21.5. The summed E-state index contributed by atoms with van der Waals surface area (Å²) in [5.74, 6) is -0.392. The number of hydrogen-bond donors (Lipinski definition) is 2. The SMILES string of the molecule is COc1ccc(S(=O)(=O)NN(O)C(=O)c2cccc(C)c2)c(Cc2ccccc2)c1. The molecule has 1 amide bonds. The molecular formula is C22H22N2O5S. The fraction of sp³-hybridized carbons (Fsp3) is 0.136. The molecule has 0 unspecified atom stereocenters. The van der Waals surface area contributed by atoms with Gasteiger partial charge in [-0.2, -0.15) is 0 Å². The molecule has 8 heteroatoms. The zero-order valence-corrected chi connectivity index (χ0v) is 17.4. The number of hydrazine groups is 1. The Labute approximate surface area is 175 Å². The molecule has 0 bridgehead atoms. The highest BCUT2D eigenvalue weighted by molar-refractivity contribution is 7.89. The third kappa shape index (κ3) is 5.04. The number of hydroxylamine groups is 1. The van der Waals surface area contributed by atoms with E-state index in [0.717, 1.165) is 11.1 Å². The Morgan fingerprint density at radius 3 is 2.43 bits per heavy atom. The number of sulfonamides is 1. The second-order valence-electron chi connectivity index (χ2n) is 6.72. The largest absolute Gasteiger partial charge is 0.497 e. The smallest absolute Gasteiger partial charge is 0.293 e. The topological polar surface area (TPSA) is 95.9 Å². The Morgan fingerprint density at radius 2 is 1.77 bits per heavy atom. The highest BCUT2D eigenvalue weighted by atomic mass is 32.2. The molecule has 0 saturated carbocycles. The van der Waals surface area contributed by atoms with E-state index in [1.54, 1.807) is 31.2 Å². The lowest BCUT2D eigenvalue weighted by Gasteiger charge is -2.18. The third-order valence-electron chi connectivity index (χ3n) is 4.46. The van der Waals surface area contributed by atoms with Gasteiger partial charge in [-0.3, -0.25) is 10.0 Å². The summed E-state index contributed by atoms with van der Waals surface area (Å²) in [5.41, 5.74) is 2.32. The van der Waals surface area contributed by atoms with Crippen LogP contribution in [0.25, 0.3) is 0 Å². The molecule has 0 fully saturated rings. The molecule has 0 aliphatic heterocycles. The summed E-state index contributed by atoms with van der Waals surface area (Å²) in [4.78, 5) is 14.3. The molecule has 3 rings (SSSR count).